The van der Waals surface area contributed by atoms with Crippen LogP contribution in [0.5, 0.6) is 0 Å². The summed E-state index contributed by atoms with van der Waals surface area (Å²) in [6, 6.07) is 10.5. The van der Waals surface area contributed by atoms with Crippen molar-refractivity contribution >= 4 is 11.9 Å². The van der Waals surface area contributed by atoms with E-state index in [-0.39, 0.29) is 19.1 Å². The van der Waals surface area contributed by atoms with Crippen molar-refractivity contribution in [3.8, 4) is 0 Å². The first-order valence-electron chi connectivity index (χ1n) is 9.23. The summed E-state index contributed by atoms with van der Waals surface area (Å²) >= 11 is 0. The number of hydrogen-bond acceptors (Lipinski definition) is 4. The van der Waals surface area contributed by atoms with Gasteiger partial charge in [0.2, 0.25) is 5.91 Å². The summed E-state index contributed by atoms with van der Waals surface area (Å²) in [5, 5.41) is 9.23. The highest BCUT2D eigenvalue weighted by molar-refractivity contribution is 5.78. The Morgan fingerprint density at radius 3 is 2.50 bits per heavy atom. The Balaban J connectivity index is 1.82. The molecule has 1 N–H and O–H groups in total. The van der Waals surface area contributed by atoms with Gasteiger partial charge < -0.3 is 10.0 Å². The standard InChI is InChI=1S/C20H23N3O5/c1-14-7-8-16(19(26)27)12-22(14)18(25)13-23-17(24)9-10-21(20(23)28)11-15-5-3-2-4-6-15/h2-6,9-10,14,16H,7-8,11-13H2,1H3,(H,26,27). The maximum absolute atomic E-state index is 12.7. The van der Waals surface area contributed by atoms with E-state index < -0.39 is 35.6 Å². The van der Waals surface area contributed by atoms with Gasteiger partial charge >= 0.3 is 11.7 Å². The first-order valence-corrected chi connectivity index (χ1v) is 9.23. The molecule has 1 aromatic heterocycles. The number of aromatic nitrogens is 2. The van der Waals surface area contributed by atoms with Crippen LogP contribution in [0.3, 0.4) is 0 Å². The number of benzene rings is 1. The SMILES string of the molecule is CC1CCC(C(=O)O)CN1C(=O)Cn1c(=O)ccn(Cc2ccccc2)c1=O. The highest BCUT2D eigenvalue weighted by atomic mass is 16.4. The lowest BCUT2D eigenvalue weighted by atomic mass is 9.93. The molecule has 148 valence electrons. The minimum atomic E-state index is -0.938. The number of likely N-dealkylation sites (tertiary alicyclic amines) is 1. The summed E-state index contributed by atoms with van der Waals surface area (Å²) in [5.74, 6) is -1.98. The molecule has 2 heterocycles. The molecule has 1 saturated heterocycles. The van der Waals surface area contributed by atoms with Gasteiger partial charge in [-0.15, -0.1) is 0 Å². The molecule has 1 aliphatic rings. The maximum Gasteiger partial charge on any atom is 0.331 e. The van der Waals surface area contributed by atoms with E-state index >= 15 is 0 Å². The van der Waals surface area contributed by atoms with Crippen LogP contribution < -0.4 is 11.2 Å². The van der Waals surface area contributed by atoms with Gasteiger partial charge in [0.05, 0.1) is 12.5 Å². The number of nitrogens with zero attached hydrogens (tertiary/aromatic N) is 3. The van der Waals surface area contributed by atoms with Gasteiger partial charge in [0.1, 0.15) is 6.54 Å². The molecular formula is C20H23N3O5. The highest BCUT2D eigenvalue weighted by Gasteiger charge is 2.32. The molecule has 2 atom stereocenters. The number of hydrogen-bond donors (Lipinski definition) is 1. The van der Waals surface area contributed by atoms with Crippen LogP contribution in [0.1, 0.15) is 25.3 Å². The molecule has 0 bridgehead atoms. The number of piperidine rings is 1. The normalized spacial score (nSPS) is 19.4. The Morgan fingerprint density at radius 2 is 1.82 bits per heavy atom. The van der Waals surface area contributed by atoms with Crippen LogP contribution >= 0.6 is 0 Å². The fourth-order valence-corrected chi connectivity index (χ4v) is 3.48. The summed E-state index contributed by atoms with van der Waals surface area (Å²) < 4.78 is 2.28. The molecule has 1 amide bonds. The number of carboxylic acid groups (broad SMARTS) is 1. The third-order valence-corrected chi connectivity index (χ3v) is 5.18. The van der Waals surface area contributed by atoms with Crippen molar-refractivity contribution in [3.63, 3.8) is 0 Å². The topological polar surface area (TPSA) is 102 Å². The van der Waals surface area contributed by atoms with Crippen LogP contribution in [0.2, 0.25) is 0 Å². The molecule has 0 saturated carbocycles. The Labute approximate surface area is 161 Å². The molecule has 1 fully saturated rings. The highest BCUT2D eigenvalue weighted by Crippen LogP contribution is 2.22. The first-order chi connectivity index (χ1) is 13.4. The van der Waals surface area contributed by atoms with Gasteiger partial charge in [-0.3, -0.25) is 23.5 Å². The zero-order valence-electron chi connectivity index (χ0n) is 15.7. The number of amides is 1. The molecule has 1 aromatic carbocycles. The van der Waals surface area contributed by atoms with Crippen molar-refractivity contribution in [2.45, 2.75) is 38.9 Å². The summed E-state index contributed by atoms with van der Waals surface area (Å²) in [7, 11) is 0. The van der Waals surface area contributed by atoms with Crippen LogP contribution in [0.15, 0.2) is 52.2 Å². The lowest BCUT2D eigenvalue weighted by Gasteiger charge is -2.36. The molecule has 0 aliphatic carbocycles. The second-order valence-electron chi connectivity index (χ2n) is 7.14. The third-order valence-electron chi connectivity index (χ3n) is 5.18. The van der Waals surface area contributed by atoms with Crippen LogP contribution in [0, 0.1) is 5.92 Å². The average molecular weight is 385 g/mol. The van der Waals surface area contributed by atoms with E-state index in [4.69, 9.17) is 0 Å². The first kappa shape index (κ1) is 19.6. The fourth-order valence-electron chi connectivity index (χ4n) is 3.48. The molecular weight excluding hydrogens is 362 g/mol. The van der Waals surface area contributed by atoms with Gasteiger partial charge in [0, 0.05) is 24.8 Å². The van der Waals surface area contributed by atoms with E-state index in [0.717, 1.165) is 10.1 Å². The van der Waals surface area contributed by atoms with Gasteiger partial charge in [0.25, 0.3) is 5.56 Å². The Bertz CT molecular complexity index is 979. The maximum atomic E-state index is 12.7. The van der Waals surface area contributed by atoms with E-state index in [9.17, 15) is 24.3 Å². The second-order valence-corrected chi connectivity index (χ2v) is 7.14. The molecule has 0 radical (unpaired) electrons. The molecule has 8 nitrogen and oxygen atoms in total. The van der Waals surface area contributed by atoms with Crippen LogP contribution in [-0.2, 0) is 22.7 Å². The van der Waals surface area contributed by atoms with E-state index in [1.54, 1.807) is 0 Å². The third kappa shape index (κ3) is 4.21. The van der Waals surface area contributed by atoms with E-state index in [2.05, 4.69) is 0 Å². The molecule has 0 spiro atoms. The quantitative estimate of drug-likeness (QED) is 0.819. The molecule has 2 unspecified atom stereocenters. The fraction of sp³-hybridized carbons (Fsp3) is 0.400. The predicted molar refractivity (Wildman–Crippen MR) is 102 cm³/mol. The molecule has 2 aromatic rings. The Kier molecular flexibility index (Phi) is 5.77. The van der Waals surface area contributed by atoms with E-state index in [0.29, 0.717) is 12.8 Å². The monoisotopic (exact) mass is 385 g/mol. The van der Waals surface area contributed by atoms with Gasteiger partial charge in [-0.25, -0.2) is 4.79 Å². The average Bonchev–Trinajstić information content (AvgIpc) is 2.68. The van der Waals surface area contributed by atoms with Crippen LogP contribution in [0.25, 0.3) is 0 Å². The summed E-state index contributed by atoms with van der Waals surface area (Å²) in [6.07, 6.45) is 2.50. The summed E-state index contributed by atoms with van der Waals surface area (Å²) in [6.45, 7) is 1.83. The van der Waals surface area contributed by atoms with Crippen molar-refractivity contribution in [1.82, 2.24) is 14.0 Å². The summed E-state index contributed by atoms with van der Waals surface area (Å²) in [4.78, 5) is 50.4. The summed E-state index contributed by atoms with van der Waals surface area (Å²) in [5.41, 5.74) is -0.221. The molecule has 3 rings (SSSR count). The minimum absolute atomic E-state index is 0.0924. The van der Waals surface area contributed by atoms with Crippen molar-refractivity contribution in [1.29, 1.82) is 0 Å². The van der Waals surface area contributed by atoms with Gasteiger partial charge in [0.15, 0.2) is 0 Å². The zero-order chi connectivity index (χ0) is 20.3. The van der Waals surface area contributed by atoms with Crippen molar-refractivity contribution in [2.24, 2.45) is 5.92 Å². The largest absolute Gasteiger partial charge is 0.481 e. The minimum Gasteiger partial charge on any atom is -0.481 e. The smallest absolute Gasteiger partial charge is 0.331 e. The molecule has 28 heavy (non-hydrogen) atoms. The van der Waals surface area contributed by atoms with Gasteiger partial charge in [-0.2, -0.15) is 0 Å². The number of carbonyl (C=O) groups excluding carboxylic acids is 1. The van der Waals surface area contributed by atoms with Crippen molar-refractivity contribution in [3.05, 3.63) is 69.0 Å². The van der Waals surface area contributed by atoms with E-state index in [1.165, 1.54) is 21.7 Å². The lowest BCUT2D eigenvalue weighted by molar-refractivity contribution is -0.147. The zero-order valence-corrected chi connectivity index (χ0v) is 15.7. The van der Waals surface area contributed by atoms with Gasteiger partial charge in [-0.05, 0) is 25.3 Å². The molecule has 8 heteroatoms. The number of rotatable bonds is 5. The van der Waals surface area contributed by atoms with Crippen molar-refractivity contribution in [2.75, 3.05) is 6.54 Å². The van der Waals surface area contributed by atoms with Crippen molar-refractivity contribution < 1.29 is 14.7 Å². The van der Waals surface area contributed by atoms with Gasteiger partial charge in [-0.1, -0.05) is 30.3 Å². The van der Waals surface area contributed by atoms with Crippen LogP contribution in [-0.4, -0.2) is 43.6 Å². The number of carboxylic acids is 1. The molecule has 1 aliphatic heterocycles. The Morgan fingerprint density at radius 1 is 1.11 bits per heavy atom. The number of carbonyl (C=O) groups is 2. The Hall–Kier alpha value is -3.16. The second kappa shape index (κ2) is 8.24. The van der Waals surface area contributed by atoms with E-state index in [1.807, 2.05) is 37.3 Å². The lowest BCUT2D eigenvalue weighted by Crippen LogP contribution is -2.51. The predicted octanol–water partition coefficient (Wildman–Crippen LogP) is 0.770. The number of aliphatic carboxylic acids is 1. The van der Waals surface area contributed by atoms with Crippen LogP contribution in [0.4, 0.5) is 0 Å².